The van der Waals surface area contributed by atoms with E-state index in [9.17, 15) is 10.1 Å². The van der Waals surface area contributed by atoms with Gasteiger partial charge >= 0.3 is 5.69 Å². The van der Waals surface area contributed by atoms with Crippen molar-refractivity contribution in [1.29, 1.82) is 0 Å². The van der Waals surface area contributed by atoms with Gasteiger partial charge in [0.1, 0.15) is 6.20 Å². The van der Waals surface area contributed by atoms with Gasteiger partial charge in [0.25, 0.3) is 0 Å². The SMILES string of the molecule is NC1CCC(CNc2nc(NCc3ccc(Cl)cn3)ncc2[N+](=O)[O-])CC1. The first-order valence-corrected chi connectivity index (χ1v) is 9.24. The van der Waals surface area contributed by atoms with Gasteiger partial charge in [-0.05, 0) is 43.7 Å². The topological polar surface area (TPSA) is 132 Å². The fraction of sp³-hybridized carbons (Fsp3) is 0.471. The van der Waals surface area contributed by atoms with Crippen LogP contribution < -0.4 is 16.4 Å². The minimum Gasteiger partial charge on any atom is -0.364 e. The van der Waals surface area contributed by atoms with Gasteiger partial charge in [0.15, 0.2) is 0 Å². The van der Waals surface area contributed by atoms with E-state index in [1.807, 2.05) is 0 Å². The molecule has 0 aliphatic heterocycles. The van der Waals surface area contributed by atoms with Crippen molar-refractivity contribution in [3.05, 3.63) is 45.4 Å². The summed E-state index contributed by atoms with van der Waals surface area (Å²) in [6.07, 6.45) is 6.76. The number of nitrogens with zero attached hydrogens (tertiary/aromatic N) is 4. The van der Waals surface area contributed by atoms with Crippen LogP contribution in [0.2, 0.25) is 5.02 Å². The van der Waals surface area contributed by atoms with Gasteiger partial charge in [-0.1, -0.05) is 11.6 Å². The van der Waals surface area contributed by atoms with Gasteiger partial charge < -0.3 is 16.4 Å². The molecule has 27 heavy (non-hydrogen) atoms. The Hall–Kier alpha value is -2.52. The van der Waals surface area contributed by atoms with Gasteiger partial charge in [-0.3, -0.25) is 15.1 Å². The third-order valence-electron chi connectivity index (χ3n) is 4.63. The van der Waals surface area contributed by atoms with E-state index in [1.165, 1.54) is 6.20 Å². The maximum atomic E-state index is 11.3. The third kappa shape index (κ3) is 5.48. The Kier molecular flexibility index (Phi) is 6.36. The molecule has 1 aliphatic rings. The third-order valence-corrected chi connectivity index (χ3v) is 4.86. The second kappa shape index (κ2) is 8.92. The summed E-state index contributed by atoms with van der Waals surface area (Å²) in [7, 11) is 0. The van der Waals surface area contributed by atoms with Gasteiger partial charge in [-0.2, -0.15) is 4.98 Å². The molecule has 1 saturated carbocycles. The summed E-state index contributed by atoms with van der Waals surface area (Å²) >= 11 is 5.82. The predicted octanol–water partition coefficient (Wildman–Crippen LogP) is 2.97. The molecule has 0 aromatic carbocycles. The quantitative estimate of drug-likeness (QED) is 0.484. The number of rotatable bonds is 7. The predicted molar refractivity (Wildman–Crippen MR) is 104 cm³/mol. The molecule has 1 aliphatic carbocycles. The number of nitrogens with one attached hydrogen (secondary N) is 2. The lowest BCUT2D eigenvalue weighted by atomic mass is 9.86. The van der Waals surface area contributed by atoms with Crippen LogP contribution in [0.5, 0.6) is 0 Å². The number of anilines is 2. The van der Waals surface area contributed by atoms with E-state index in [1.54, 1.807) is 18.3 Å². The zero-order valence-electron chi connectivity index (χ0n) is 14.8. The Morgan fingerprint density at radius 1 is 1.19 bits per heavy atom. The molecular weight excluding hydrogens is 370 g/mol. The molecular formula is C17H22ClN7O2. The van der Waals surface area contributed by atoms with Crippen LogP contribution in [-0.4, -0.2) is 32.5 Å². The van der Waals surface area contributed by atoms with Crippen LogP contribution in [0.15, 0.2) is 24.5 Å². The molecule has 0 radical (unpaired) electrons. The smallest absolute Gasteiger partial charge is 0.329 e. The largest absolute Gasteiger partial charge is 0.364 e. The highest BCUT2D eigenvalue weighted by atomic mass is 35.5. The first-order chi connectivity index (χ1) is 13.0. The molecule has 0 spiro atoms. The lowest BCUT2D eigenvalue weighted by Gasteiger charge is -2.26. The average Bonchev–Trinajstić information content (AvgIpc) is 2.67. The molecule has 0 bridgehead atoms. The van der Waals surface area contributed by atoms with Crippen molar-refractivity contribution in [1.82, 2.24) is 15.0 Å². The van der Waals surface area contributed by atoms with Gasteiger partial charge in [-0.15, -0.1) is 0 Å². The summed E-state index contributed by atoms with van der Waals surface area (Å²) < 4.78 is 0. The molecule has 2 heterocycles. The minimum absolute atomic E-state index is 0.141. The Morgan fingerprint density at radius 3 is 2.63 bits per heavy atom. The zero-order chi connectivity index (χ0) is 19.2. The van der Waals surface area contributed by atoms with E-state index < -0.39 is 4.92 Å². The van der Waals surface area contributed by atoms with Crippen molar-refractivity contribution in [3.63, 3.8) is 0 Å². The van der Waals surface area contributed by atoms with Crippen molar-refractivity contribution in [3.8, 4) is 0 Å². The van der Waals surface area contributed by atoms with Crippen LogP contribution in [0.3, 0.4) is 0 Å². The van der Waals surface area contributed by atoms with Crippen molar-refractivity contribution >= 4 is 29.1 Å². The Bertz CT molecular complexity index is 779. The number of hydrogen-bond donors (Lipinski definition) is 3. The Labute approximate surface area is 161 Å². The van der Waals surface area contributed by atoms with Crippen molar-refractivity contribution in [2.45, 2.75) is 38.3 Å². The second-order valence-corrected chi connectivity index (χ2v) is 7.10. The number of pyridine rings is 1. The highest BCUT2D eigenvalue weighted by Gasteiger charge is 2.21. The number of halogens is 1. The van der Waals surface area contributed by atoms with Crippen molar-refractivity contribution in [2.24, 2.45) is 11.7 Å². The highest BCUT2D eigenvalue weighted by Crippen LogP contribution is 2.26. The molecule has 4 N–H and O–H groups in total. The van der Waals surface area contributed by atoms with E-state index in [0.717, 1.165) is 31.4 Å². The highest BCUT2D eigenvalue weighted by molar-refractivity contribution is 6.30. The summed E-state index contributed by atoms with van der Waals surface area (Å²) in [5, 5.41) is 18.0. The van der Waals surface area contributed by atoms with Crippen molar-refractivity contribution < 1.29 is 4.92 Å². The van der Waals surface area contributed by atoms with Crippen LogP contribution in [0.25, 0.3) is 0 Å². The van der Waals surface area contributed by atoms with Crippen molar-refractivity contribution in [2.75, 3.05) is 17.2 Å². The number of nitro groups is 1. The molecule has 2 aromatic heterocycles. The number of nitrogens with two attached hydrogens (primary N) is 1. The van der Waals surface area contributed by atoms with E-state index in [-0.39, 0.29) is 17.5 Å². The molecule has 0 saturated heterocycles. The molecule has 9 nitrogen and oxygen atoms in total. The summed E-state index contributed by atoms with van der Waals surface area (Å²) in [5.74, 6) is 0.955. The molecule has 10 heteroatoms. The molecule has 2 aromatic rings. The fourth-order valence-corrected chi connectivity index (χ4v) is 3.15. The lowest BCUT2D eigenvalue weighted by molar-refractivity contribution is -0.384. The molecule has 144 valence electrons. The van der Waals surface area contributed by atoms with Crippen LogP contribution in [0, 0.1) is 16.0 Å². The summed E-state index contributed by atoms with van der Waals surface area (Å²) in [6, 6.07) is 3.80. The molecule has 0 unspecified atom stereocenters. The van der Waals surface area contributed by atoms with Crippen LogP contribution in [-0.2, 0) is 6.54 Å². The van der Waals surface area contributed by atoms with E-state index in [0.29, 0.717) is 30.0 Å². The number of aromatic nitrogens is 3. The number of hydrogen-bond acceptors (Lipinski definition) is 8. The van der Waals surface area contributed by atoms with Crippen LogP contribution >= 0.6 is 11.6 Å². The minimum atomic E-state index is -0.482. The fourth-order valence-electron chi connectivity index (χ4n) is 3.04. The lowest BCUT2D eigenvalue weighted by Crippen LogP contribution is -2.29. The van der Waals surface area contributed by atoms with Gasteiger partial charge in [0, 0.05) is 18.8 Å². The zero-order valence-corrected chi connectivity index (χ0v) is 15.5. The maximum Gasteiger partial charge on any atom is 0.329 e. The first kappa shape index (κ1) is 19.2. The summed E-state index contributed by atoms with van der Waals surface area (Å²) in [4.78, 5) is 23.3. The molecule has 0 atom stereocenters. The summed E-state index contributed by atoms with van der Waals surface area (Å²) in [5.41, 5.74) is 6.54. The molecule has 3 rings (SSSR count). The Balaban J connectivity index is 1.64. The Morgan fingerprint density at radius 2 is 1.96 bits per heavy atom. The maximum absolute atomic E-state index is 11.3. The van der Waals surface area contributed by atoms with Gasteiger partial charge in [0.2, 0.25) is 11.8 Å². The van der Waals surface area contributed by atoms with E-state index >= 15 is 0 Å². The van der Waals surface area contributed by atoms with Crippen LogP contribution in [0.1, 0.15) is 31.4 Å². The van der Waals surface area contributed by atoms with Gasteiger partial charge in [0.05, 0.1) is 22.2 Å². The van der Waals surface area contributed by atoms with E-state index in [2.05, 4.69) is 25.6 Å². The standard InChI is InChI=1S/C17H22ClN7O2/c18-12-3-6-14(20-8-12)9-22-17-23-10-15(25(26)27)16(24-17)21-7-11-1-4-13(19)5-2-11/h3,6,8,10-11,13H,1-2,4-5,7,9,19H2,(H2,21,22,23,24). The monoisotopic (exact) mass is 391 g/mol. The summed E-state index contributed by atoms with van der Waals surface area (Å²) in [6.45, 7) is 1.01. The second-order valence-electron chi connectivity index (χ2n) is 6.67. The average molecular weight is 392 g/mol. The van der Waals surface area contributed by atoms with Crippen LogP contribution in [0.4, 0.5) is 17.5 Å². The first-order valence-electron chi connectivity index (χ1n) is 8.86. The van der Waals surface area contributed by atoms with E-state index in [4.69, 9.17) is 17.3 Å². The van der Waals surface area contributed by atoms with Gasteiger partial charge in [-0.25, -0.2) is 4.98 Å². The normalized spacial score (nSPS) is 19.5. The molecule has 1 fully saturated rings. The molecule has 0 amide bonds.